The highest BCUT2D eigenvalue weighted by Crippen LogP contribution is 2.19. The van der Waals surface area contributed by atoms with E-state index in [-0.39, 0.29) is 6.04 Å². The van der Waals surface area contributed by atoms with Crippen molar-refractivity contribution >= 4 is 0 Å². The number of rotatable bonds is 3. The van der Waals surface area contributed by atoms with E-state index < -0.39 is 6.17 Å². The normalized spacial score (nSPS) is 35.6. The Morgan fingerprint density at radius 2 is 2.29 bits per heavy atom. The minimum Gasteiger partial charge on any atom is -0.378 e. The molecular formula is C10H19FN2O. The lowest BCUT2D eigenvalue weighted by Gasteiger charge is -2.42. The topological polar surface area (TPSA) is 24.5 Å². The van der Waals surface area contributed by atoms with Gasteiger partial charge in [-0.1, -0.05) is 6.92 Å². The molecule has 2 atom stereocenters. The predicted molar refractivity (Wildman–Crippen MR) is 53.2 cm³/mol. The number of alkyl halides is 1. The molecule has 2 aliphatic rings. The van der Waals surface area contributed by atoms with Crippen LogP contribution in [-0.4, -0.2) is 56.0 Å². The zero-order valence-corrected chi connectivity index (χ0v) is 8.71. The summed E-state index contributed by atoms with van der Waals surface area (Å²) in [6, 6.07) is 0.549. The first-order chi connectivity index (χ1) is 6.81. The maximum Gasteiger partial charge on any atom is 0.128 e. The monoisotopic (exact) mass is 202 g/mol. The van der Waals surface area contributed by atoms with Gasteiger partial charge < -0.3 is 10.1 Å². The number of hydrogen-bond acceptors (Lipinski definition) is 3. The molecular weight excluding hydrogens is 183 g/mol. The molecule has 0 radical (unpaired) electrons. The van der Waals surface area contributed by atoms with E-state index >= 15 is 0 Å². The maximum atomic E-state index is 13.7. The predicted octanol–water partition coefficient (Wildman–Crippen LogP) is 0.407. The summed E-state index contributed by atoms with van der Waals surface area (Å²) in [5.74, 6) is 0. The molecule has 4 heteroatoms. The van der Waals surface area contributed by atoms with Crippen LogP contribution in [0.3, 0.4) is 0 Å². The van der Waals surface area contributed by atoms with E-state index in [2.05, 4.69) is 10.2 Å². The fourth-order valence-corrected chi connectivity index (χ4v) is 2.19. The van der Waals surface area contributed by atoms with Crippen molar-refractivity contribution in [3.05, 3.63) is 0 Å². The van der Waals surface area contributed by atoms with Gasteiger partial charge in [-0.05, 0) is 13.0 Å². The van der Waals surface area contributed by atoms with Crippen LogP contribution in [-0.2, 0) is 4.74 Å². The zero-order chi connectivity index (χ0) is 9.97. The highest BCUT2D eigenvalue weighted by molar-refractivity contribution is 4.89. The summed E-state index contributed by atoms with van der Waals surface area (Å²) in [5.41, 5.74) is 0. The molecule has 2 aliphatic heterocycles. The smallest absolute Gasteiger partial charge is 0.128 e. The Kier molecular flexibility index (Phi) is 3.36. The van der Waals surface area contributed by atoms with Gasteiger partial charge in [0.1, 0.15) is 6.17 Å². The minimum atomic E-state index is -0.718. The van der Waals surface area contributed by atoms with Gasteiger partial charge in [0.05, 0.1) is 19.3 Å². The molecule has 0 aromatic carbocycles. The summed E-state index contributed by atoms with van der Waals surface area (Å²) in [6.45, 7) is 6.05. The number of likely N-dealkylation sites (tertiary alicyclic amines) is 1. The fourth-order valence-electron chi connectivity index (χ4n) is 2.19. The second kappa shape index (κ2) is 4.55. The first kappa shape index (κ1) is 10.3. The molecule has 2 unspecified atom stereocenters. The maximum absolute atomic E-state index is 13.7. The van der Waals surface area contributed by atoms with Crippen molar-refractivity contribution in [2.45, 2.75) is 31.6 Å². The van der Waals surface area contributed by atoms with Gasteiger partial charge in [0.25, 0.3) is 0 Å². The van der Waals surface area contributed by atoms with Crippen LogP contribution in [0.4, 0.5) is 4.39 Å². The number of ether oxygens (including phenoxy) is 1. The molecule has 2 fully saturated rings. The summed E-state index contributed by atoms with van der Waals surface area (Å²) in [4.78, 5) is 2.22. The van der Waals surface area contributed by atoms with Gasteiger partial charge in [-0.25, -0.2) is 4.39 Å². The van der Waals surface area contributed by atoms with Crippen molar-refractivity contribution in [2.24, 2.45) is 0 Å². The highest BCUT2D eigenvalue weighted by Gasteiger charge is 2.34. The van der Waals surface area contributed by atoms with Crippen LogP contribution in [0.2, 0.25) is 0 Å². The van der Waals surface area contributed by atoms with Crippen LogP contribution < -0.4 is 5.32 Å². The van der Waals surface area contributed by atoms with Crippen LogP contribution in [0, 0.1) is 0 Å². The van der Waals surface area contributed by atoms with E-state index in [0.717, 1.165) is 32.7 Å². The van der Waals surface area contributed by atoms with E-state index in [9.17, 15) is 4.39 Å². The molecule has 0 bridgehead atoms. The van der Waals surface area contributed by atoms with Gasteiger partial charge in [0.15, 0.2) is 0 Å². The molecule has 3 nitrogen and oxygen atoms in total. The Hall–Kier alpha value is -0.190. The van der Waals surface area contributed by atoms with Gasteiger partial charge in [-0.2, -0.15) is 0 Å². The molecule has 1 N–H and O–H groups in total. The van der Waals surface area contributed by atoms with Gasteiger partial charge >= 0.3 is 0 Å². The Labute approximate surface area is 84.6 Å². The number of piperidine rings is 1. The fraction of sp³-hybridized carbons (Fsp3) is 1.00. The van der Waals surface area contributed by atoms with E-state index in [0.29, 0.717) is 12.6 Å². The lowest BCUT2D eigenvalue weighted by Crippen LogP contribution is -2.58. The molecule has 82 valence electrons. The van der Waals surface area contributed by atoms with Crippen LogP contribution in [0.15, 0.2) is 0 Å². The number of nitrogens with one attached hydrogen (secondary N) is 1. The Morgan fingerprint density at radius 3 is 2.79 bits per heavy atom. The summed E-state index contributed by atoms with van der Waals surface area (Å²) in [5, 5.41) is 3.20. The summed E-state index contributed by atoms with van der Waals surface area (Å²) in [7, 11) is 0. The summed E-state index contributed by atoms with van der Waals surface area (Å²) < 4.78 is 18.8. The van der Waals surface area contributed by atoms with Crippen molar-refractivity contribution in [2.75, 3.05) is 32.8 Å². The molecule has 2 saturated heterocycles. The number of hydrogen-bond donors (Lipinski definition) is 1. The van der Waals surface area contributed by atoms with Gasteiger partial charge in [0.2, 0.25) is 0 Å². The van der Waals surface area contributed by atoms with Crippen molar-refractivity contribution in [3.63, 3.8) is 0 Å². The van der Waals surface area contributed by atoms with Crippen LogP contribution in [0.1, 0.15) is 13.3 Å². The molecule has 2 rings (SSSR count). The summed E-state index contributed by atoms with van der Waals surface area (Å²) in [6.07, 6.45) is 0.204. The molecule has 14 heavy (non-hydrogen) atoms. The lowest BCUT2D eigenvalue weighted by atomic mass is 10.0. The quantitative estimate of drug-likeness (QED) is 0.717. The second-order valence-electron chi connectivity index (χ2n) is 4.16. The molecule has 0 saturated carbocycles. The molecule has 0 spiro atoms. The SMILES string of the molecule is CCNC1CCN(C2COC2)CC1F. The van der Waals surface area contributed by atoms with E-state index in [4.69, 9.17) is 4.74 Å². The average molecular weight is 202 g/mol. The third-order valence-electron chi connectivity index (χ3n) is 3.18. The molecule has 0 aromatic rings. The third-order valence-corrected chi connectivity index (χ3v) is 3.18. The van der Waals surface area contributed by atoms with Crippen LogP contribution in [0.25, 0.3) is 0 Å². The van der Waals surface area contributed by atoms with Crippen molar-refractivity contribution < 1.29 is 9.13 Å². The molecule has 0 aliphatic carbocycles. The van der Waals surface area contributed by atoms with E-state index in [1.165, 1.54) is 0 Å². The molecule has 0 amide bonds. The first-order valence-electron chi connectivity index (χ1n) is 5.50. The zero-order valence-electron chi connectivity index (χ0n) is 8.71. The van der Waals surface area contributed by atoms with Crippen molar-refractivity contribution in [1.82, 2.24) is 10.2 Å². The summed E-state index contributed by atoms with van der Waals surface area (Å²) >= 11 is 0. The van der Waals surface area contributed by atoms with Gasteiger partial charge in [0, 0.05) is 19.1 Å². The van der Waals surface area contributed by atoms with Gasteiger partial charge in [-0.3, -0.25) is 4.90 Å². The van der Waals surface area contributed by atoms with Crippen molar-refractivity contribution in [3.8, 4) is 0 Å². The third kappa shape index (κ3) is 2.07. The number of nitrogens with zero attached hydrogens (tertiary/aromatic N) is 1. The Balaban J connectivity index is 1.79. The lowest BCUT2D eigenvalue weighted by molar-refractivity contribution is -0.0817. The highest BCUT2D eigenvalue weighted by atomic mass is 19.1. The molecule has 0 aromatic heterocycles. The second-order valence-corrected chi connectivity index (χ2v) is 4.16. The minimum absolute atomic E-state index is 0.0669. The Bertz CT molecular complexity index is 187. The Morgan fingerprint density at radius 1 is 1.50 bits per heavy atom. The van der Waals surface area contributed by atoms with Crippen LogP contribution in [0.5, 0.6) is 0 Å². The first-order valence-corrected chi connectivity index (χ1v) is 5.50. The largest absolute Gasteiger partial charge is 0.378 e. The molecule has 2 heterocycles. The van der Waals surface area contributed by atoms with E-state index in [1.54, 1.807) is 0 Å². The van der Waals surface area contributed by atoms with E-state index in [1.807, 2.05) is 6.92 Å². The van der Waals surface area contributed by atoms with Crippen molar-refractivity contribution in [1.29, 1.82) is 0 Å². The average Bonchev–Trinajstić information content (AvgIpc) is 2.07. The van der Waals surface area contributed by atoms with Crippen LogP contribution >= 0.6 is 0 Å². The van der Waals surface area contributed by atoms with Gasteiger partial charge in [-0.15, -0.1) is 0 Å². The standard InChI is InChI=1S/C10H19FN2O/c1-2-12-10-3-4-13(5-9(10)11)8-6-14-7-8/h8-10,12H,2-7H2,1H3. The number of halogens is 1.